The fourth-order valence-corrected chi connectivity index (χ4v) is 2.62. The van der Waals surface area contributed by atoms with Gasteiger partial charge < -0.3 is 10.0 Å². The number of rotatable bonds is 4. The van der Waals surface area contributed by atoms with Crippen LogP contribution < -0.4 is 0 Å². The normalized spacial score (nSPS) is 17.4. The molecule has 1 amide bonds. The molecule has 1 aliphatic rings. The Morgan fingerprint density at radius 2 is 2.11 bits per heavy atom. The third-order valence-corrected chi connectivity index (χ3v) is 3.75. The van der Waals surface area contributed by atoms with Gasteiger partial charge in [-0.2, -0.15) is 0 Å². The minimum atomic E-state index is -0.826. The molecule has 19 heavy (non-hydrogen) atoms. The third kappa shape index (κ3) is 3.77. The lowest BCUT2D eigenvalue weighted by molar-refractivity contribution is -0.135. The van der Waals surface area contributed by atoms with Crippen LogP contribution in [0.15, 0.2) is 24.3 Å². The van der Waals surface area contributed by atoms with Crippen LogP contribution in [-0.2, 0) is 11.3 Å². The lowest BCUT2D eigenvalue weighted by Gasteiger charge is -2.25. The molecule has 1 N–H and O–H groups in total. The van der Waals surface area contributed by atoms with Gasteiger partial charge in [-0.1, -0.05) is 25.0 Å². The van der Waals surface area contributed by atoms with Crippen molar-refractivity contribution in [2.75, 3.05) is 7.05 Å². The summed E-state index contributed by atoms with van der Waals surface area (Å²) in [5, 5.41) is 10.2. The first-order chi connectivity index (χ1) is 8.98. The van der Waals surface area contributed by atoms with E-state index in [1.165, 1.54) is 12.1 Å². The second kappa shape index (κ2) is 5.70. The maximum absolute atomic E-state index is 13.1. The van der Waals surface area contributed by atoms with Crippen molar-refractivity contribution in [3.8, 4) is 0 Å². The molecule has 1 fully saturated rings. The molecule has 0 radical (unpaired) electrons. The summed E-state index contributed by atoms with van der Waals surface area (Å²) in [4.78, 5) is 13.6. The van der Waals surface area contributed by atoms with E-state index in [0.29, 0.717) is 19.4 Å². The number of carbonyl (C=O) groups is 1. The molecule has 1 saturated carbocycles. The highest BCUT2D eigenvalue weighted by atomic mass is 19.1. The average Bonchev–Trinajstić information content (AvgIpc) is 2.75. The molecule has 104 valence electrons. The van der Waals surface area contributed by atoms with Gasteiger partial charge in [-0.15, -0.1) is 0 Å². The zero-order chi connectivity index (χ0) is 13.9. The Hall–Kier alpha value is -1.42. The molecular weight excluding hydrogens is 245 g/mol. The first-order valence-electron chi connectivity index (χ1n) is 6.69. The van der Waals surface area contributed by atoms with Crippen LogP contribution in [0.3, 0.4) is 0 Å². The van der Waals surface area contributed by atoms with Crippen molar-refractivity contribution in [1.82, 2.24) is 4.90 Å². The van der Waals surface area contributed by atoms with Gasteiger partial charge in [0.1, 0.15) is 5.82 Å². The fourth-order valence-electron chi connectivity index (χ4n) is 2.62. The van der Waals surface area contributed by atoms with Crippen molar-refractivity contribution in [2.24, 2.45) is 0 Å². The predicted molar refractivity (Wildman–Crippen MR) is 70.9 cm³/mol. The first kappa shape index (κ1) is 14.0. The second-order valence-corrected chi connectivity index (χ2v) is 5.49. The molecule has 0 heterocycles. The van der Waals surface area contributed by atoms with Crippen molar-refractivity contribution >= 4 is 5.91 Å². The van der Waals surface area contributed by atoms with Gasteiger partial charge in [-0.05, 0) is 30.5 Å². The monoisotopic (exact) mass is 265 g/mol. The van der Waals surface area contributed by atoms with Crippen LogP contribution in [0.1, 0.15) is 37.7 Å². The van der Waals surface area contributed by atoms with Gasteiger partial charge in [-0.3, -0.25) is 4.79 Å². The van der Waals surface area contributed by atoms with E-state index in [4.69, 9.17) is 0 Å². The molecule has 1 aliphatic carbocycles. The number of hydrogen-bond acceptors (Lipinski definition) is 2. The molecule has 0 bridgehead atoms. The van der Waals surface area contributed by atoms with Gasteiger partial charge in [0.2, 0.25) is 5.91 Å². The Morgan fingerprint density at radius 3 is 2.74 bits per heavy atom. The van der Waals surface area contributed by atoms with Crippen LogP contribution in [0.4, 0.5) is 4.39 Å². The number of benzene rings is 1. The Balaban J connectivity index is 1.92. The van der Waals surface area contributed by atoms with Crippen molar-refractivity contribution < 1.29 is 14.3 Å². The molecule has 0 saturated heterocycles. The van der Waals surface area contributed by atoms with Crippen molar-refractivity contribution in [1.29, 1.82) is 0 Å². The second-order valence-electron chi connectivity index (χ2n) is 5.49. The summed E-state index contributed by atoms with van der Waals surface area (Å²) in [7, 11) is 1.69. The van der Waals surface area contributed by atoms with Gasteiger partial charge in [-0.25, -0.2) is 4.39 Å². The van der Waals surface area contributed by atoms with Crippen molar-refractivity contribution in [3.63, 3.8) is 0 Å². The van der Waals surface area contributed by atoms with Gasteiger partial charge in [0.15, 0.2) is 0 Å². The topological polar surface area (TPSA) is 40.5 Å². The molecule has 0 aromatic heterocycles. The fraction of sp³-hybridized carbons (Fsp3) is 0.533. The molecule has 4 heteroatoms. The summed E-state index contributed by atoms with van der Waals surface area (Å²) >= 11 is 0. The van der Waals surface area contributed by atoms with Crippen LogP contribution in [0.2, 0.25) is 0 Å². The van der Waals surface area contributed by atoms with Gasteiger partial charge in [0, 0.05) is 13.6 Å². The van der Waals surface area contributed by atoms with E-state index in [-0.39, 0.29) is 18.1 Å². The molecule has 3 nitrogen and oxygen atoms in total. The van der Waals surface area contributed by atoms with Crippen LogP contribution in [0.25, 0.3) is 0 Å². The van der Waals surface area contributed by atoms with E-state index in [1.54, 1.807) is 24.1 Å². The van der Waals surface area contributed by atoms with Crippen LogP contribution >= 0.6 is 0 Å². The lowest BCUT2D eigenvalue weighted by atomic mass is 9.97. The van der Waals surface area contributed by atoms with E-state index in [1.807, 2.05) is 0 Å². The number of nitrogens with zero attached hydrogens (tertiary/aromatic N) is 1. The van der Waals surface area contributed by atoms with E-state index >= 15 is 0 Å². The molecule has 0 atom stereocenters. The molecule has 0 unspecified atom stereocenters. The number of hydrogen-bond donors (Lipinski definition) is 1. The standard InChI is InChI=1S/C15H20FNO2/c1-17(11-12-5-4-6-13(16)9-12)14(18)10-15(19)7-2-3-8-15/h4-6,9,19H,2-3,7-8,10-11H2,1H3. The van der Waals surface area contributed by atoms with E-state index in [9.17, 15) is 14.3 Å². The smallest absolute Gasteiger partial charge is 0.225 e. The summed E-state index contributed by atoms with van der Waals surface area (Å²) in [5.74, 6) is -0.388. The van der Waals surface area contributed by atoms with Crippen molar-refractivity contribution in [2.45, 2.75) is 44.2 Å². The predicted octanol–water partition coefficient (Wildman–Crippen LogP) is 2.48. The molecular formula is C15H20FNO2. The maximum Gasteiger partial charge on any atom is 0.225 e. The molecule has 2 rings (SSSR count). The Bertz CT molecular complexity index is 455. The third-order valence-electron chi connectivity index (χ3n) is 3.75. The summed E-state index contributed by atoms with van der Waals surface area (Å²) in [6.45, 7) is 0.368. The number of amides is 1. The maximum atomic E-state index is 13.1. The van der Waals surface area contributed by atoms with Crippen LogP contribution in [0, 0.1) is 5.82 Å². The zero-order valence-corrected chi connectivity index (χ0v) is 11.2. The first-order valence-corrected chi connectivity index (χ1v) is 6.69. The quantitative estimate of drug-likeness (QED) is 0.908. The highest BCUT2D eigenvalue weighted by molar-refractivity contribution is 5.77. The van der Waals surface area contributed by atoms with E-state index in [2.05, 4.69) is 0 Å². The highest BCUT2D eigenvalue weighted by Crippen LogP contribution is 2.32. The van der Waals surface area contributed by atoms with Crippen LogP contribution in [0.5, 0.6) is 0 Å². The summed E-state index contributed by atoms with van der Waals surface area (Å²) in [6, 6.07) is 6.23. The Labute approximate surface area is 113 Å². The molecule has 1 aromatic rings. The number of halogens is 1. The number of carbonyl (C=O) groups excluding carboxylic acids is 1. The number of aliphatic hydroxyl groups is 1. The SMILES string of the molecule is CN(Cc1cccc(F)c1)C(=O)CC1(O)CCCC1. The average molecular weight is 265 g/mol. The summed E-state index contributed by atoms with van der Waals surface area (Å²) in [6.07, 6.45) is 3.53. The minimum absolute atomic E-state index is 0.0892. The lowest BCUT2D eigenvalue weighted by Crippen LogP contribution is -2.35. The summed E-state index contributed by atoms with van der Waals surface area (Å²) in [5.41, 5.74) is -0.0675. The Kier molecular flexibility index (Phi) is 4.20. The molecule has 0 spiro atoms. The largest absolute Gasteiger partial charge is 0.389 e. The van der Waals surface area contributed by atoms with E-state index in [0.717, 1.165) is 18.4 Å². The van der Waals surface area contributed by atoms with Gasteiger partial charge in [0.25, 0.3) is 0 Å². The molecule has 0 aliphatic heterocycles. The zero-order valence-electron chi connectivity index (χ0n) is 11.2. The van der Waals surface area contributed by atoms with Gasteiger partial charge in [0.05, 0.1) is 12.0 Å². The Morgan fingerprint density at radius 1 is 1.42 bits per heavy atom. The molecule has 1 aromatic carbocycles. The van der Waals surface area contributed by atoms with Crippen molar-refractivity contribution in [3.05, 3.63) is 35.6 Å². The summed E-state index contributed by atoms with van der Waals surface area (Å²) < 4.78 is 13.1. The van der Waals surface area contributed by atoms with Gasteiger partial charge >= 0.3 is 0 Å². The van der Waals surface area contributed by atoms with E-state index < -0.39 is 5.60 Å². The minimum Gasteiger partial charge on any atom is -0.389 e. The highest BCUT2D eigenvalue weighted by Gasteiger charge is 2.34. The van der Waals surface area contributed by atoms with Crippen LogP contribution in [-0.4, -0.2) is 28.6 Å².